The number of hydrogen-bond acceptors (Lipinski definition) is 3. The first-order chi connectivity index (χ1) is 7.75. The van der Waals surface area contributed by atoms with Crippen molar-refractivity contribution in [2.45, 2.75) is 44.8 Å². The van der Waals surface area contributed by atoms with Gasteiger partial charge in [0.25, 0.3) is 0 Å². The topological polar surface area (TPSA) is 50.4 Å². The van der Waals surface area contributed by atoms with Crippen molar-refractivity contribution >= 4 is 5.91 Å². The van der Waals surface area contributed by atoms with Gasteiger partial charge >= 0.3 is 0 Å². The Bertz CT molecular complexity index is 239. The zero-order valence-corrected chi connectivity index (χ0v) is 10.00. The molecule has 0 aliphatic carbocycles. The summed E-state index contributed by atoms with van der Waals surface area (Å²) in [5.41, 5.74) is 0. The van der Waals surface area contributed by atoms with E-state index in [-0.39, 0.29) is 18.1 Å². The van der Waals surface area contributed by atoms with E-state index < -0.39 is 0 Å². The number of carbonyl (C=O) groups excluding carboxylic acids is 1. The van der Waals surface area contributed by atoms with Gasteiger partial charge in [0.15, 0.2) is 0 Å². The minimum Gasteiger partial charge on any atom is -0.376 e. The van der Waals surface area contributed by atoms with Crippen LogP contribution in [0.25, 0.3) is 0 Å². The molecule has 2 rings (SSSR count). The van der Waals surface area contributed by atoms with Gasteiger partial charge in [-0.2, -0.15) is 0 Å². The molecule has 0 saturated carbocycles. The lowest BCUT2D eigenvalue weighted by Gasteiger charge is -2.23. The Labute approximate surface area is 97.1 Å². The molecule has 0 bridgehead atoms. The predicted molar refractivity (Wildman–Crippen MR) is 62.2 cm³/mol. The third-order valence-electron chi connectivity index (χ3n) is 3.66. The molecule has 0 aromatic rings. The highest BCUT2D eigenvalue weighted by atomic mass is 16.5. The highest BCUT2D eigenvalue weighted by Gasteiger charge is 2.26. The lowest BCUT2D eigenvalue weighted by atomic mass is 9.94. The molecule has 92 valence electrons. The summed E-state index contributed by atoms with van der Waals surface area (Å²) in [4.78, 5) is 11.8. The third kappa shape index (κ3) is 3.19. The molecule has 4 nitrogen and oxygen atoms in total. The van der Waals surface area contributed by atoms with E-state index >= 15 is 0 Å². The molecule has 2 unspecified atom stereocenters. The van der Waals surface area contributed by atoms with Crippen molar-refractivity contribution in [3.8, 4) is 0 Å². The molecule has 1 amide bonds. The van der Waals surface area contributed by atoms with Gasteiger partial charge < -0.3 is 15.4 Å². The van der Waals surface area contributed by atoms with E-state index in [0.29, 0.717) is 12.3 Å². The van der Waals surface area contributed by atoms with Crippen molar-refractivity contribution in [2.24, 2.45) is 5.92 Å². The van der Waals surface area contributed by atoms with Crippen molar-refractivity contribution in [1.82, 2.24) is 10.6 Å². The smallest absolute Gasteiger partial charge is 0.220 e. The van der Waals surface area contributed by atoms with Crippen molar-refractivity contribution in [3.05, 3.63) is 0 Å². The summed E-state index contributed by atoms with van der Waals surface area (Å²) in [7, 11) is 0. The highest BCUT2D eigenvalue weighted by Crippen LogP contribution is 2.17. The molecule has 0 radical (unpaired) electrons. The zero-order valence-electron chi connectivity index (χ0n) is 10.00. The van der Waals surface area contributed by atoms with Crippen LogP contribution in [0.1, 0.15) is 32.6 Å². The first kappa shape index (κ1) is 11.9. The number of amides is 1. The monoisotopic (exact) mass is 226 g/mol. The first-order valence-electron chi connectivity index (χ1n) is 6.37. The van der Waals surface area contributed by atoms with E-state index in [2.05, 4.69) is 10.6 Å². The molecule has 2 atom stereocenters. The van der Waals surface area contributed by atoms with Gasteiger partial charge in [-0.15, -0.1) is 0 Å². The molecule has 2 heterocycles. The minimum atomic E-state index is 0.178. The molecule has 2 N–H and O–H groups in total. The highest BCUT2D eigenvalue weighted by molar-refractivity contribution is 5.76. The molecule has 0 spiro atoms. The summed E-state index contributed by atoms with van der Waals surface area (Å²) < 4.78 is 5.43. The second kappa shape index (κ2) is 5.64. The van der Waals surface area contributed by atoms with E-state index in [1.807, 2.05) is 6.92 Å². The average Bonchev–Trinajstić information content (AvgIpc) is 2.66. The van der Waals surface area contributed by atoms with E-state index in [1.54, 1.807) is 0 Å². The summed E-state index contributed by atoms with van der Waals surface area (Å²) in [5, 5.41) is 6.41. The fraction of sp³-hybridized carbons (Fsp3) is 0.917. The Balaban J connectivity index is 1.70. The van der Waals surface area contributed by atoms with Crippen molar-refractivity contribution in [2.75, 3.05) is 19.7 Å². The van der Waals surface area contributed by atoms with E-state index in [1.165, 1.54) is 0 Å². The maximum absolute atomic E-state index is 11.8. The van der Waals surface area contributed by atoms with Crippen LogP contribution < -0.4 is 10.6 Å². The van der Waals surface area contributed by atoms with Crippen LogP contribution in [0.4, 0.5) is 0 Å². The van der Waals surface area contributed by atoms with Crippen molar-refractivity contribution in [1.29, 1.82) is 0 Å². The Morgan fingerprint density at radius 1 is 1.38 bits per heavy atom. The van der Waals surface area contributed by atoms with Gasteiger partial charge in [0.1, 0.15) is 0 Å². The molecule has 2 saturated heterocycles. The molecule has 2 fully saturated rings. The normalized spacial score (nSPS) is 31.6. The van der Waals surface area contributed by atoms with Gasteiger partial charge in [-0.1, -0.05) is 0 Å². The van der Waals surface area contributed by atoms with Gasteiger partial charge in [-0.25, -0.2) is 0 Å². The predicted octanol–water partition coefficient (Wildman–Crippen LogP) is 0.670. The molecule has 2 aliphatic rings. The zero-order chi connectivity index (χ0) is 11.4. The maximum Gasteiger partial charge on any atom is 0.220 e. The number of hydrogen-bond donors (Lipinski definition) is 2. The second-order valence-electron chi connectivity index (χ2n) is 4.94. The van der Waals surface area contributed by atoms with Crippen LogP contribution in [0.15, 0.2) is 0 Å². The number of ether oxygens (including phenoxy) is 1. The van der Waals surface area contributed by atoms with Gasteiger partial charge in [-0.05, 0) is 45.2 Å². The van der Waals surface area contributed by atoms with Crippen LogP contribution in [0.5, 0.6) is 0 Å². The summed E-state index contributed by atoms with van der Waals surface area (Å²) in [5.74, 6) is 0.771. The maximum atomic E-state index is 11.8. The van der Waals surface area contributed by atoms with E-state index in [9.17, 15) is 4.79 Å². The van der Waals surface area contributed by atoms with Crippen LogP contribution in [0.2, 0.25) is 0 Å². The lowest BCUT2D eigenvalue weighted by Crippen LogP contribution is -2.40. The Kier molecular flexibility index (Phi) is 4.18. The van der Waals surface area contributed by atoms with E-state index in [4.69, 9.17) is 4.74 Å². The molecular formula is C12H22N2O2. The van der Waals surface area contributed by atoms with Gasteiger partial charge in [-0.3, -0.25) is 4.79 Å². The fourth-order valence-electron chi connectivity index (χ4n) is 2.54. The number of nitrogens with one attached hydrogen (secondary N) is 2. The molecule has 4 heteroatoms. The summed E-state index contributed by atoms with van der Waals surface area (Å²) >= 11 is 0. The molecule has 0 aromatic heterocycles. The third-order valence-corrected chi connectivity index (χ3v) is 3.66. The Morgan fingerprint density at radius 2 is 2.12 bits per heavy atom. The van der Waals surface area contributed by atoms with Crippen LogP contribution >= 0.6 is 0 Å². The van der Waals surface area contributed by atoms with Crippen LogP contribution in [-0.4, -0.2) is 37.7 Å². The van der Waals surface area contributed by atoms with Crippen molar-refractivity contribution in [3.63, 3.8) is 0 Å². The van der Waals surface area contributed by atoms with Crippen molar-refractivity contribution < 1.29 is 9.53 Å². The lowest BCUT2D eigenvalue weighted by molar-refractivity contribution is -0.123. The largest absolute Gasteiger partial charge is 0.376 e. The summed E-state index contributed by atoms with van der Waals surface area (Å²) in [6.45, 7) is 4.92. The van der Waals surface area contributed by atoms with Gasteiger partial charge in [0.2, 0.25) is 5.91 Å². The number of piperidine rings is 1. The SMILES string of the molecule is CC1OCCC1NC(=O)CC1CCNCC1. The summed E-state index contributed by atoms with van der Waals surface area (Å²) in [6, 6.07) is 0.231. The second-order valence-corrected chi connectivity index (χ2v) is 4.94. The molecule has 2 aliphatic heterocycles. The average molecular weight is 226 g/mol. The van der Waals surface area contributed by atoms with Crippen LogP contribution in [0.3, 0.4) is 0 Å². The molecule has 0 aromatic carbocycles. The van der Waals surface area contributed by atoms with Gasteiger partial charge in [0, 0.05) is 13.0 Å². The quantitative estimate of drug-likeness (QED) is 0.743. The Morgan fingerprint density at radius 3 is 2.75 bits per heavy atom. The summed E-state index contributed by atoms with van der Waals surface area (Å²) in [6.07, 6.45) is 4.08. The van der Waals surface area contributed by atoms with Crippen LogP contribution in [-0.2, 0) is 9.53 Å². The first-order valence-corrected chi connectivity index (χ1v) is 6.37. The Hall–Kier alpha value is -0.610. The minimum absolute atomic E-state index is 0.178. The van der Waals surface area contributed by atoms with E-state index in [0.717, 1.165) is 39.0 Å². The molecule has 16 heavy (non-hydrogen) atoms. The molecular weight excluding hydrogens is 204 g/mol. The number of rotatable bonds is 3. The van der Waals surface area contributed by atoms with Crippen LogP contribution in [0, 0.1) is 5.92 Å². The number of carbonyl (C=O) groups is 1. The fourth-order valence-corrected chi connectivity index (χ4v) is 2.54. The van der Waals surface area contributed by atoms with Gasteiger partial charge in [0.05, 0.1) is 12.1 Å². The standard InChI is InChI=1S/C12H22N2O2/c1-9-11(4-7-16-9)14-12(15)8-10-2-5-13-6-3-10/h9-11,13H,2-8H2,1H3,(H,14,15).